The Labute approximate surface area is 177 Å². The Morgan fingerprint density at radius 2 is 1.71 bits per heavy atom. The zero-order valence-electron chi connectivity index (χ0n) is 15.7. The summed E-state index contributed by atoms with van der Waals surface area (Å²) < 4.78 is 73.2. The summed E-state index contributed by atoms with van der Waals surface area (Å²) in [5.41, 5.74) is 1.47. The van der Waals surface area contributed by atoms with Gasteiger partial charge in [0.05, 0.1) is 10.2 Å². The van der Waals surface area contributed by atoms with Crippen LogP contribution < -0.4 is 4.74 Å². The van der Waals surface area contributed by atoms with E-state index in [4.69, 9.17) is 0 Å². The van der Waals surface area contributed by atoms with Crippen molar-refractivity contribution >= 4 is 21.6 Å². The van der Waals surface area contributed by atoms with Crippen molar-refractivity contribution in [3.8, 4) is 17.6 Å². The van der Waals surface area contributed by atoms with Crippen molar-refractivity contribution in [2.45, 2.75) is 13.0 Å². The van der Waals surface area contributed by atoms with Gasteiger partial charge in [0, 0.05) is 23.9 Å². The van der Waals surface area contributed by atoms with Crippen LogP contribution in [0.15, 0.2) is 48.7 Å². The molecule has 0 fully saturated rings. The number of thiazole rings is 1. The molecule has 0 bridgehead atoms. The van der Waals surface area contributed by atoms with Crippen LogP contribution in [-0.4, -0.2) is 9.97 Å². The number of hydrogen-bond donors (Lipinski definition) is 0. The quantitative estimate of drug-likeness (QED) is 0.222. The molecule has 4 rings (SSSR count). The van der Waals surface area contributed by atoms with E-state index in [0.29, 0.717) is 22.7 Å². The number of aryl methyl sites for hydroxylation is 1. The van der Waals surface area contributed by atoms with E-state index in [1.165, 1.54) is 17.4 Å². The molecule has 2 heterocycles. The van der Waals surface area contributed by atoms with Gasteiger partial charge in [-0.05, 0) is 42.7 Å². The van der Waals surface area contributed by atoms with Crippen molar-refractivity contribution in [3.63, 3.8) is 0 Å². The minimum Gasteiger partial charge on any atom is -0.428 e. The second-order valence-electron chi connectivity index (χ2n) is 6.49. The Morgan fingerprint density at radius 1 is 0.968 bits per heavy atom. The van der Waals surface area contributed by atoms with Crippen LogP contribution in [0.5, 0.6) is 5.75 Å². The van der Waals surface area contributed by atoms with Crippen molar-refractivity contribution in [3.05, 3.63) is 87.9 Å². The lowest BCUT2D eigenvalue weighted by Gasteiger charge is -2.17. The molecule has 4 aromatic rings. The van der Waals surface area contributed by atoms with Crippen molar-refractivity contribution in [1.29, 1.82) is 0 Å². The predicted molar refractivity (Wildman–Crippen MR) is 105 cm³/mol. The van der Waals surface area contributed by atoms with Gasteiger partial charge in [-0.15, -0.1) is 11.3 Å². The zero-order valence-corrected chi connectivity index (χ0v) is 16.5. The lowest BCUT2D eigenvalue weighted by Crippen LogP contribution is -2.23. The van der Waals surface area contributed by atoms with Crippen molar-refractivity contribution in [2.24, 2.45) is 0 Å². The molecule has 31 heavy (non-hydrogen) atoms. The Balaban J connectivity index is 1.52. The van der Waals surface area contributed by atoms with Crippen LogP contribution in [-0.2, 0) is 6.11 Å². The largest absolute Gasteiger partial charge is 0.444 e. The summed E-state index contributed by atoms with van der Waals surface area (Å²) in [7, 11) is 0. The standard InChI is InChI=1S/C22H11F5N2OS/c1-12-2-5-17-18(8-12)31-20(29-17)7-4-13-3-6-19(28-11-13)22(26,27)30-14-9-15(23)21(25)16(24)10-14/h2-3,5-6,8-11H,1H3. The molecule has 0 aliphatic carbocycles. The van der Waals surface area contributed by atoms with E-state index >= 15 is 0 Å². The SMILES string of the molecule is Cc1ccc2nc(C#Cc3ccc(C(F)(F)Oc4cc(F)c(F)c(F)c4)nc3)sc2c1. The van der Waals surface area contributed by atoms with Gasteiger partial charge in [0.25, 0.3) is 0 Å². The third-order valence-electron chi connectivity index (χ3n) is 4.12. The predicted octanol–water partition coefficient (Wildman–Crippen LogP) is 5.95. The third-order valence-corrected chi connectivity index (χ3v) is 5.06. The number of hydrogen-bond acceptors (Lipinski definition) is 4. The molecule has 2 aromatic heterocycles. The second kappa shape index (κ2) is 7.96. The lowest BCUT2D eigenvalue weighted by atomic mass is 10.2. The molecule has 0 aliphatic rings. The Kier molecular flexibility index (Phi) is 5.33. The van der Waals surface area contributed by atoms with Gasteiger partial charge >= 0.3 is 6.11 Å². The van der Waals surface area contributed by atoms with Gasteiger partial charge < -0.3 is 4.74 Å². The third kappa shape index (κ3) is 4.49. The van der Waals surface area contributed by atoms with Crippen molar-refractivity contribution in [1.82, 2.24) is 9.97 Å². The lowest BCUT2D eigenvalue weighted by molar-refractivity contribution is -0.188. The maximum Gasteiger partial charge on any atom is 0.444 e. The molecule has 0 spiro atoms. The van der Waals surface area contributed by atoms with Gasteiger partial charge in [-0.2, -0.15) is 8.78 Å². The molecule has 2 aromatic carbocycles. The number of rotatable bonds is 3. The number of fused-ring (bicyclic) bond motifs is 1. The van der Waals surface area contributed by atoms with E-state index in [1.807, 2.05) is 25.1 Å². The van der Waals surface area contributed by atoms with Crippen LogP contribution in [0, 0.1) is 36.2 Å². The Morgan fingerprint density at radius 3 is 2.39 bits per heavy atom. The van der Waals surface area contributed by atoms with E-state index in [-0.39, 0.29) is 0 Å². The maximum absolute atomic E-state index is 14.3. The summed E-state index contributed by atoms with van der Waals surface area (Å²) >= 11 is 1.41. The zero-order chi connectivity index (χ0) is 22.2. The van der Waals surface area contributed by atoms with Crippen LogP contribution in [0.25, 0.3) is 10.2 Å². The average molecular weight is 446 g/mol. The van der Waals surface area contributed by atoms with E-state index in [2.05, 4.69) is 26.5 Å². The van der Waals surface area contributed by atoms with E-state index in [0.717, 1.165) is 28.0 Å². The number of alkyl halides is 2. The first-order valence-electron chi connectivity index (χ1n) is 8.78. The maximum atomic E-state index is 14.3. The highest BCUT2D eigenvalue weighted by atomic mass is 32.1. The fourth-order valence-electron chi connectivity index (χ4n) is 2.64. The highest BCUT2D eigenvalue weighted by Crippen LogP contribution is 2.31. The number of aromatic nitrogens is 2. The van der Waals surface area contributed by atoms with Crippen LogP contribution >= 0.6 is 11.3 Å². The molecule has 0 saturated heterocycles. The summed E-state index contributed by atoms with van der Waals surface area (Å²) in [5, 5.41) is 0.568. The average Bonchev–Trinajstić information content (AvgIpc) is 3.12. The number of nitrogens with zero attached hydrogens (tertiary/aromatic N) is 2. The number of pyridine rings is 1. The summed E-state index contributed by atoms with van der Waals surface area (Å²) in [6.45, 7) is 1.97. The van der Waals surface area contributed by atoms with Crippen LogP contribution in [0.2, 0.25) is 0 Å². The molecule has 0 atom stereocenters. The fourth-order valence-corrected chi connectivity index (χ4v) is 3.56. The number of benzene rings is 2. The van der Waals surface area contributed by atoms with Gasteiger partial charge in [-0.3, -0.25) is 0 Å². The van der Waals surface area contributed by atoms with Gasteiger partial charge in [-0.1, -0.05) is 12.0 Å². The molecule has 0 saturated carbocycles. The van der Waals surface area contributed by atoms with Gasteiger partial charge in [-0.25, -0.2) is 23.1 Å². The first kappa shape index (κ1) is 20.8. The first-order valence-corrected chi connectivity index (χ1v) is 9.60. The molecule has 0 aliphatic heterocycles. The first-order chi connectivity index (χ1) is 14.7. The Bertz CT molecular complexity index is 1320. The summed E-state index contributed by atoms with van der Waals surface area (Å²) in [4.78, 5) is 8.01. The van der Waals surface area contributed by atoms with Gasteiger partial charge in [0.15, 0.2) is 28.2 Å². The van der Waals surface area contributed by atoms with Crippen LogP contribution in [0.3, 0.4) is 0 Å². The Hall–Kier alpha value is -3.51. The molecular weight excluding hydrogens is 435 g/mol. The molecule has 0 N–H and O–H groups in total. The highest BCUT2D eigenvalue weighted by molar-refractivity contribution is 7.19. The normalized spacial score (nSPS) is 11.3. The summed E-state index contributed by atoms with van der Waals surface area (Å²) in [5.74, 6) is -0.282. The molecule has 156 valence electrons. The van der Waals surface area contributed by atoms with Gasteiger partial charge in [0.1, 0.15) is 5.75 Å². The summed E-state index contributed by atoms with van der Waals surface area (Å²) in [6.07, 6.45) is -2.89. The summed E-state index contributed by atoms with van der Waals surface area (Å²) in [6, 6.07) is 8.76. The highest BCUT2D eigenvalue weighted by Gasteiger charge is 2.36. The monoisotopic (exact) mass is 446 g/mol. The van der Waals surface area contributed by atoms with Crippen LogP contribution in [0.1, 0.15) is 21.8 Å². The molecule has 3 nitrogen and oxygen atoms in total. The van der Waals surface area contributed by atoms with Crippen molar-refractivity contribution < 1.29 is 26.7 Å². The van der Waals surface area contributed by atoms with Crippen LogP contribution in [0.4, 0.5) is 22.0 Å². The number of halogens is 5. The van der Waals surface area contributed by atoms with E-state index < -0.39 is 35.0 Å². The smallest absolute Gasteiger partial charge is 0.428 e. The van der Waals surface area contributed by atoms with Crippen molar-refractivity contribution in [2.75, 3.05) is 0 Å². The second-order valence-corrected chi connectivity index (χ2v) is 7.52. The van der Waals surface area contributed by atoms with E-state index in [1.54, 1.807) is 0 Å². The van der Waals surface area contributed by atoms with E-state index in [9.17, 15) is 22.0 Å². The molecule has 9 heteroatoms. The molecule has 0 amide bonds. The number of ether oxygens (including phenoxy) is 1. The fraction of sp³-hybridized carbons (Fsp3) is 0.0909. The molecule has 0 unspecified atom stereocenters. The topological polar surface area (TPSA) is 35.0 Å². The molecule has 0 radical (unpaired) electrons. The minimum atomic E-state index is -4.01. The molecular formula is C22H11F5N2OS. The van der Waals surface area contributed by atoms with Gasteiger partial charge in [0.2, 0.25) is 0 Å². The minimum absolute atomic E-state index is 0.325.